The molecule has 0 aliphatic rings. The lowest BCUT2D eigenvalue weighted by Crippen LogP contribution is -2.14. The zero-order chi connectivity index (χ0) is 24.0. The lowest BCUT2D eigenvalue weighted by Gasteiger charge is -2.17. The van der Waals surface area contributed by atoms with Crippen molar-refractivity contribution in [2.24, 2.45) is 5.92 Å². The maximum absolute atomic E-state index is 13.2. The third-order valence-corrected chi connectivity index (χ3v) is 5.89. The van der Waals surface area contributed by atoms with Gasteiger partial charge in [-0.05, 0) is 58.4 Å². The minimum Gasteiger partial charge on any atom is -0.507 e. The van der Waals surface area contributed by atoms with E-state index in [-0.39, 0.29) is 46.3 Å². The van der Waals surface area contributed by atoms with Crippen molar-refractivity contribution in [3.8, 4) is 11.5 Å². The monoisotopic (exact) mass is 440 g/mol. The molecule has 5 nitrogen and oxygen atoms in total. The molecule has 5 heteroatoms. The first-order chi connectivity index (χ1) is 15.1. The number of aryl methyl sites for hydroxylation is 1. The summed E-state index contributed by atoms with van der Waals surface area (Å²) in [4.78, 5) is 25.4. The van der Waals surface area contributed by atoms with Gasteiger partial charge < -0.3 is 14.6 Å². The molecule has 2 rings (SSSR count). The molecule has 0 saturated carbocycles. The van der Waals surface area contributed by atoms with Crippen molar-refractivity contribution >= 4 is 16.8 Å². The molecule has 0 radical (unpaired) electrons. The quantitative estimate of drug-likeness (QED) is 0.246. The van der Waals surface area contributed by atoms with Crippen LogP contribution in [-0.4, -0.2) is 16.0 Å². The van der Waals surface area contributed by atoms with Gasteiger partial charge in [-0.25, -0.2) is 4.79 Å². The number of aromatic hydroxyl groups is 2. The van der Waals surface area contributed by atoms with E-state index in [4.69, 9.17) is 4.42 Å². The Hall–Kier alpha value is -2.82. The number of hydrogen-bond acceptors (Lipinski definition) is 5. The number of Topliss-reactive ketones (excluding diaryl/α,β-unsaturated/α-hetero) is 1. The first-order valence-electron chi connectivity index (χ1n) is 11.5. The highest BCUT2D eigenvalue weighted by molar-refractivity contribution is 6.12. The van der Waals surface area contributed by atoms with Crippen molar-refractivity contribution < 1.29 is 19.4 Å². The van der Waals surface area contributed by atoms with Crippen LogP contribution in [-0.2, 0) is 12.8 Å². The van der Waals surface area contributed by atoms with Gasteiger partial charge in [0.05, 0.1) is 5.39 Å². The van der Waals surface area contributed by atoms with Crippen molar-refractivity contribution in [3.63, 3.8) is 0 Å². The molecule has 174 valence electrons. The number of phenols is 2. The van der Waals surface area contributed by atoms with E-state index in [1.165, 1.54) is 11.6 Å². The van der Waals surface area contributed by atoms with Gasteiger partial charge in [-0.1, -0.05) is 50.5 Å². The molecule has 0 amide bonds. The number of hydrogen-bond donors (Lipinski definition) is 2. The first-order valence-corrected chi connectivity index (χ1v) is 11.5. The zero-order valence-corrected chi connectivity index (χ0v) is 20.2. The third kappa shape index (κ3) is 5.70. The van der Waals surface area contributed by atoms with E-state index >= 15 is 0 Å². The van der Waals surface area contributed by atoms with Gasteiger partial charge in [0.25, 0.3) is 0 Å². The van der Waals surface area contributed by atoms with Gasteiger partial charge in [0, 0.05) is 17.5 Å². The maximum Gasteiger partial charge on any atom is 0.336 e. The molecule has 2 N–H and O–H groups in total. The Morgan fingerprint density at radius 1 is 1.12 bits per heavy atom. The number of ketones is 1. The second kappa shape index (κ2) is 11.2. The Labute approximate surface area is 190 Å². The van der Waals surface area contributed by atoms with Crippen LogP contribution in [0.3, 0.4) is 0 Å². The van der Waals surface area contributed by atoms with Gasteiger partial charge in [-0.2, -0.15) is 0 Å². The largest absolute Gasteiger partial charge is 0.507 e. The van der Waals surface area contributed by atoms with Crippen LogP contribution < -0.4 is 5.63 Å². The summed E-state index contributed by atoms with van der Waals surface area (Å²) in [6.07, 6.45) is 8.09. The summed E-state index contributed by atoms with van der Waals surface area (Å²) in [6, 6.07) is 1.37. The number of carbonyl (C=O) groups excluding carboxylic acids is 1. The lowest BCUT2D eigenvalue weighted by atomic mass is 9.89. The van der Waals surface area contributed by atoms with Crippen molar-refractivity contribution in [1.29, 1.82) is 0 Å². The fraction of sp³-hybridized carbons (Fsp3) is 0.481. The lowest BCUT2D eigenvalue weighted by molar-refractivity contribution is 0.0925. The van der Waals surface area contributed by atoms with Crippen molar-refractivity contribution in [2.75, 3.05) is 0 Å². The molecular formula is C27H36O5. The molecule has 0 saturated heterocycles. The van der Waals surface area contributed by atoms with Crippen LogP contribution in [0.15, 0.2) is 38.6 Å². The molecule has 0 aliphatic carbocycles. The van der Waals surface area contributed by atoms with Gasteiger partial charge in [-0.15, -0.1) is 0 Å². The standard InChI is InChI=1S/C27H36O5/c1-7-10-19-15-21(28)32-27-22(19)25(30)20(14-13-17(5)12-9-11-16(3)4)26(31)23(27)24(29)18(6)8-2/h11,13,15,18,30-31H,7-10,12,14H2,1-6H3. The normalized spacial score (nSPS) is 12.8. The number of fused-ring (bicyclic) bond motifs is 1. The fourth-order valence-electron chi connectivity index (χ4n) is 3.79. The Morgan fingerprint density at radius 2 is 1.81 bits per heavy atom. The van der Waals surface area contributed by atoms with Gasteiger partial charge in [0.1, 0.15) is 17.1 Å². The molecule has 0 aliphatic heterocycles. The summed E-state index contributed by atoms with van der Waals surface area (Å²) in [5.74, 6) is -1.08. The predicted octanol–water partition coefficient (Wildman–Crippen LogP) is 6.62. The summed E-state index contributed by atoms with van der Waals surface area (Å²) in [6.45, 7) is 11.8. The molecule has 0 bridgehead atoms. The Kier molecular flexibility index (Phi) is 8.88. The molecule has 32 heavy (non-hydrogen) atoms. The van der Waals surface area contributed by atoms with Crippen LogP contribution in [0.5, 0.6) is 11.5 Å². The predicted molar refractivity (Wildman–Crippen MR) is 130 cm³/mol. The van der Waals surface area contributed by atoms with Gasteiger partial charge >= 0.3 is 5.63 Å². The first kappa shape index (κ1) is 25.4. The molecule has 1 heterocycles. The van der Waals surface area contributed by atoms with Crippen molar-refractivity contribution in [1.82, 2.24) is 0 Å². The van der Waals surface area contributed by atoms with Gasteiger partial charge in [0.15, 0.2) is 11.4 Å². The van der Waals surface area contributed by atoms with Crippen LogP contribution in [0.4, 0.5) is 0 Å². The van der Waals surface area contributed by atoms with Crippen LogP contribution in [0.1, 0.15) is 88.7 Å². The molecule has 0 spiro atoms. The van der Waals surface area contributed by atoms with Crippen LogP contribution in [0.25, 0.3) is 11.0 Å². The number of allylic oxidation sites excluding steroid dienone is 4. The average Bonchev–Trinajstić information content (AvgIpc) is 2.72. The Morgan fingerprint density at radius 3 is 2.41 bits per heavy atom. The second-order valence-electron chi connectivity index (χ2n) is 8.84. The third-order valence-electron chi connectivity index (χ3n) is 5.89. The summed E-state index contributed by atoms with van der Waals surface area (Å²) in [5.41, 5.74) is 2.69. The smallest absolute Gasteiger partial charge is 0.336 e. The SMILES string of the molecule is CCCc1cc(=O)oc2c(C(=O)C(C)CC)c(O)c(CC=C(C)CCC=C(C)C)c(O)c12. The van der Waals surface area contributed by atoms with E-state index in [1.54, 1.807) is 6.92 Å². The van der Waals surface area contributed by atoms with E-state index in [0.717, 1.165) is 24.8 Å². The van der Waals surface area contributed by atoms with Gasteiger partial charge in [0.2, 0.25) is 0 Å². The van der Waals surface area contributed by atoms with Crippen LogP contribution >= 0.6 is 0 Å². The van der Waals surface area contributed by atoms with Gasteiger partial charge in [-0.3, -0.25) is 4.79 Å². The summed E-state index contributed by atoms with van der Waals surface area (Å²) in [7, 11) is 0. The summed E-state index contributed by atoms with van der Waals surface area (Å²) in [5, 5.41) is 22.5. The minimum atomic E-state index is -0.597. The Bertz CT molecular complexity index is 1100. The summed E-state index contributed by atoms with van der Waals surface area (Å²) < 4.78 is 5.40. The molecule has 1 aromatic carbocycles. The zero-order valence-electron chi connectivity index (χ0n) is 20.2. The number of rotatable bonds is 10. The van der Waals surface area contributed by atoms with E-state index in [0.29, 0.717) is 23.8 Å². The number of phenolic OH excluding ortho intramolecular Hbond substituents is 2. The van der Waals surface area contributed by atoms with Crippen molar-refractivity contribution in [2.45, 2.75) is 80.1 Å². The average molecular weight is 441 g/mol. The second-order valence-corrected chi connectivity index (χ2v) is 8.84. The highest BCUT2D eigenvalue weighted by Crippen LogP contribution is 2.42. The van der Waals surface area contributed by atoms with Crippen molar-refractivity contribution in [3.05, 3.63) is 56.5 Å². The highest BCUT2D eigenvalue weighted by Gasteiger charge is 2.28. The number of benzene rings is 1. The van der Waals surface area contributed by atoms with E-state index in [9.17, 15) is 19.8 Å². The number of carbonyl (C=O) groups is 1. The van der Waals surface area contributed by atoms with E-state index in [2.05, 4.69) is 19.9 Å². The molecule has 1 atom stereocenters. The molecule has 0 fully saturated rings. The summed E-state index contributed by atoms with van der Waals surface area (Å²) >= 11 is 0. The van der Waals surface area contributed by atoms with Crippen LogP contribution in [0, 0.1) is 5.92 Å². The molecule has 1 unspecified atom stereocenters. The topological polar surface area (TPSA) is 87.7 Å². The highest BCUT2D eigenvalue weighted by atomic mass is 16.4. The van der Waals surface area contributed by atoms with E-state index in [1.807, 2.05) is 26.8 Å². The van der Waals surface area contributed by atoms with Crippen LogP contribution in [0.2, 0.25) is 0 Å². The minimum absolute atomic E-state index is 0.00667. The molecule has 2 aromatic rings. The maximum atomic E-state index is 13.2. The van der Waals surface area contributed by atoms with E-state index < -0.39 is 5.63 Å². The molecular weight excluding hydrogens is 404 g/mol. The molecule has 1 aromatic heterocycles. The Balaban J connectivity index is 2.71. The fourth-order valence-corrected chi connectivity index (χ4v) is 3.79.